The minimum atomic E-state index is -0.587. The van der Waals surface area contributed by atoms with Crippen LogP contribution >= 0.6 is 0 Å². The summed E-state index contributed by atoms with van der Waals surface area (Å²) < 4.78 is 5.99. The van der Waals surface area contributed by atoms with Crippen molar-refractivity contribution in [2.24, 2.45) is 5.92 Å². The van der Waals surface area contributed by atoms with Crippen molar-refractivity contribution in [1.29, 1.82) is 0 Å². The van der Waals surface area contributed by atoms with Gasteiger partial charge in [-0.05, 0) is 99.7 Å². The molecule has 1 atom stereocenters. The summed E-state index contributed by atoms with van der Waals surface area (Å²) in [4.78, 5) is 20.8. The van der Waals surface area contributed by atoms with Crippen molar-refractivity contribution in [2.75, 3.05) is 0 Å². The third kappa shape index (κ3) is 12.8. The zero-order valence-corrected chi connectivity index (χ0v) is 30.8. The molecule has 5 rings (SSSR count). The molecule has 3 heterocycles. The molecule has 0 spiro atoms. The number of hydrogen-bond acceptors (Lipinski definition) is 6. The van der Waals surface area contributed by atoms with E-state index in [0.29, 0.717) is 23.2 Å². The Morgan fingerprint density at radius 1 is 1.04 bits per heavy atom. The van der Waals surface area contributed by atoms with Gasteiger partial charge in [0.15, 0.2) is 6.04 Å². The van der Waals surface area contributed by atoms with E-state index in [2.05, 4.69) is 61.0 Å². The van der Waals surface area contributed by atoms with E-state index < -0.39 is 6.04 Å². The highest BCUT2D eigenvalue weighted by Gasteiger charge is 2.23. The van der Waals surface area contributed by atoms with Crippen molar-refractivity contribution < 1.29 is 14.6 Å². The van der Waals surface area contributed by atoms with Gasteiger partial charge in [-0.3, -0.25) is 9.78 Å². The number of carbonyl (C=O) groups excluding carboxylic acids is 1. The Balaban J connectivity index is 0.000000381. The summed E-state index contributed by atoms with van der Waals surface area (Å²) in [5.41, 5.74) is 7.58. The molecule has 1 aliphatic heterocycles. The average Bonchev–Trinajstić information content (AvgIpc) is 3.42. The summed E-state index contributed by atoms with van der Waals surface area (Å²) in [5, 5.41) is 14.9. The zero-order valence-electron chi connectivity index (χ0n) is 30.8. The second kappa shape index (κ2) is 20.7. The van der Waals surface area contributed by atoms with Gasteiger partial charge in [-0.25, -0.2) is 4.98 Å². The molecular weight excluding hydrogens is 620 g/mol. The molecule has 7 heteroatoms. The molecule has 1 unspecified atom stereocenters. The molecule has 0 bridgehead atoms. The predicted molar refractivity (Wildman–Crippen MR) is 208 cm³/mol. The third-order valence-electron chi connectivity index (χ3n) is 6.73. The van der Waals surface area contributed by atoms with Crippen LogP contribution in [0, 0.1) is 17.8 Å². The van der Waals surface area contributed by atoms with Crippen LogP contribution in [0.1, 0.15) is 72.1 Å². The van der Waals surface area contributed by atoms with Gasteiger partial charge in [0.05, 0.1) is 17.6 Å². The Morgan fingerprint density at radius 3 is 2.26 bits per heavy atom. The molecule has 50 heavy (non-hydrogen) atoms. The molecule has 4 aromatic rings. The lowest BCUT2D eigenvalue weighted by molar-refractivity contribution is -0.119. The van der Waals surface area contributed by atoms with Crippen LogP contribution in [0.15, 0.2) is 111 Å². The maximum absolute atomic E-state index is 11.8. The van der Waals surface area contributed by atoms with E-state index in [1.54, 1.807) is 30.6 Å². The normalized spacial score (nSPS) is 12.7. The Labute approximate surface area is 299 Å². The SMILES string of the molecule is C=C(C)c1cc(O)ccc1CC(C)C.C=C1NC(=O)C(C#Cc2ccc(-c3nc(-c4cccnc4)ccc3OC(C)C)cc2)N1.C=CC.CC. The highest BCUT2D eigenvalue weighted by Crippen LogP contribution is 2.32. The van der Waals surface area contributed by atoms with Gasteiger partial charge < -0.3 is 20.5 Å². The molecule has 1 aliphatic rings. The number of carbonyl (C=O) groups is 1. The minimum absolute atomic E-state index is 0.0229. The molecule has 2 aromatic heterocycles. The minimum Gasteiger partial charge on any atom is -0.508 e. The number of nitrogens with zero attached hydrogens (tertiary/aromatic N) is 2. The first-order chi connectivity index (χ1) is 23.9. The Bertz CT molecular complexity index is 1780. The number of aromatic nitrogens is 2. The number of hydrogen-bond donors (Lipinski definition) is 3. The molecule has 262 valence electrons. The van der Waals surface area contributed by atoms with Gasteiger partial charge in [-0.2, -0.15) is 0 Å². The van der Waals surface area contributed by atoms with E-state index in [-0.39, 0.29) is 12.0 Å². The monoisotopic (exact) mass is 672 g/mol. The van der Waals surface area contributed by atoms with Gasteiger partial charge in [-0.15, -0.1) is 6.58 Å². The van der Waals surface area contributed by atoms with Crippen LogP contribution in [0.3, 0.4) is 0 Å². The number of ether oxygens (including phenoxy) is 1. The van der Waals surface area contributed by atoms with Crippen LogP contribution in [0.2, 0.25) is 0 Å². The van der Waals surface area contributed by atoms with E-state index in [1.165, 1.54) is 5.56 Å². The second-order valence-electron chi connectivity index (χ2n) is 12.0. The first-order valence-corrected chi connectivity index (χ1v) is 16.9. The van der Waals surface area contributed by atoms with Crippen molar-refractivity contribution in [2.45, 2.75) is 74.0 Å². The van der Waals surface area contributed by atoms with Crippen LogP contribution in [0.4, 0.5) is 0 Å². The lowest BCUT2D eigenvalue weighted by Gasteiger charge is -2.15. The number of nitrogens with one attached hydrogen (secondary N) is 2. The molecular formula is C43H52N4O3. The molecule has 0 saturated carbocycles. The van der Waals surface area contributed by atoms with Crippen molar-refractivity contribution in [1.82, 2.24) is 20.6 Å². The fourth-order valence-corrected chi connectivity index (χ4v) is 4.72. The summed E-state index contributed by atoms with van der Waals surface area (Å²) in [6, 6.07) is 20.4. The number of phenols is 1. The fourth-order valence-electron chi connectivity index (χ4n) is 4.72. The number of phenolic OH excluding ortho intramolecular Hbond substituents is 1. The molecule has 1 saturated heterocycles. The molecule has 0 radical (unpaired) electrons. The maximum atomic E-state index is 11.8. The van der Waals surface area contributed by atoms with Gasteiger partial charge in [0.2, 0.25) is 0 Å². The lowest BCUT2D eigenvalue weighted by Crippen LogP contribution is -2.26. The van der Waals surface area contributed by atoms with E-state index in [9.17, 15) is 9.90 Å². The molecule has 3 N–H and O–H groups in total. The molecule has 7 nitrogen and oxygen atoms in total. The standard InChI is InChI=1S/C25H22N4O2.C13H18O.C3H6.C2H6/c1-16(2)31-23-13-12-21(20-5-4-14-26-15-20)29-24(23)19-9-6-18(7-10-19)8-11-22-25(30)28-17(3)27-22;1-9(2)7-11-5-6-12(14)8-13(11)10(3)4;1-3-2;1-2/h4-7,9-10,12-16,22,27H,3H2,1-2H3,(H,28,30);5-6,8-9,14H,3,7H2,1-2,4H3;3H,1H2,2H3;1-2H3. The quantitative estimate of drug-likeness (QED) is 0.134. The molecule has 1 amide bonds. The van der Waals surface area contributed by atoms with Crippen LogP contribution in [0.25, 0.3) is 28.1 Å². The number of benzene rings is 2. The predicted octanol–water partition coefficient (Wildman–Crippen LogP) is 9.35. The molecule has 2 aromatic carbocycles. The highest BCUT2D eigenvalue weighted by molar-refractivity contribution is 5.89. The van der Waals surface area contributed by atoms with E-state index in [1.807, 2.05) is 96.1 Å². The van der Waals surface area contributed by atoms with Crippen LogP contribution in [-0.4, -0.2) is 33.1 Å². The van der Waals surface area contributed by atoms with E-state index >= 15 is 0 Å². The number of aromatic hydroxyl groups is 1. The van der Waals surface area contributed by atoms with Gasteiger partial charge >= 0.3 is 0 Å². The first-order valence-electron chi connectivity index (χ1n) is 16.9. The summed E-state index contributed by atoms with van der Waals surface area (Å²) >= 11 is 0. The van der Waals surface area contributed by atoms with Gasteiger partial charge in [0.1, 0.15) is 17.2 Å². The fraction of sp³-hybridized carbons (Fsp3) is 0.279. The van der Waals surface area contributed by atoms with Gasteiger partial charge in [-0.1, -0.05) is 82.5 Å². The smallest absolute Gasteiger partial charge is 0.260 e. The van der Waals surface area contributed by atoms with Crippen molar-refractivity contribution in [3.63, 3.8) is 0 Å². The largest absolute Gasteiger partial charge is 0.508 e. The third-order valence-corrected chi connectivity index (χ3v) is 6.73. The lowest BCUT2D eigenvalue weighted by atomic mass is 9.94. The number of pyridine rings is 2. The van der Waals surface area contributed by atoms with Crippen LogP contribution in [-0.2, 0) is 11.2 Å². The average molecular weight is 673 g/mol. The first kappa shape index (κ1) is 40.6. The summed E-state index contributed by atoms with van der Waals surface area (Å²) in [6.45, 7) is 27.2. The molecule has 1 fully saturated rings. The summed E-state index contributed by atoms with van der Waals surface area (Å²) in [5.74, 6) is 7.88. The zero-order chi connectivity index (χ0) is 37.2. The Hall–Kier alpha value is -5.61. The van der Waals surface area contributed by atoms with Crippen molar-refractivity contribution in [3.05, 3.63) is 127 Å². The Morgan fingerprint density at radius 2 is 1.72 bits per heavy atom. The van der Waals surface area contributed by atoms with E-state index in [0.717, 1.165) is 45.6 Å². The van der Waals surface area contributed by atoms with Crippen LogP contribution < -0.4 is 15.4 Å². The Kier molecular flexibility index (Phi) is 16.8. The highest BCUT2D eigenvalue weighted by atomic mass is 16.5. The van der Waals surface area contributed by atoms with Gasteiger partial charge in [0.25, 0.3) is 5.91 Å². The van der Waals surface area contributed by atoms with E-state index in [4.69, 9.17) is 9.72 Å². The second-order valence-corrected chi connectivity index (χ2v) is 12.0. The maximum Gasteiger partial charge on any atom is 0.260 e. The van der Waals surface area contributed by atoms with Crippen LogP contribution in [0.5, 0.6) is 11.5 Å². The number of amides is 1. The number of allylic oxidation sites excluding steroid dienone is 2. The molecule has 0 aliphatic carbocycles. The van der Waals surface area contributed by atoms with Crippen molar-refractivity contribution in [3.8, 4) is 45.9 Å². The summed E-state index contributed by atoms with van der Waals surface area (Å²) in [7, 11) is 0. The number of rotatable bonds is 7. The topological polar surface area (TPSA) is 96.4 Å². The summed E-state index contributed by atoms with van der Waals surface area (Å²) in [6.07, 6.45) is 6.33. The van der Waals surface area contributed by atoms with Gasteiger partial charge in [0, 0.05) is 29.1 Å². The van der Waals surface area contributed by atoms with Crippen molar-refractivity contribution >= 4 is 11.5 Å².